The van der Waals surface area contributed by atoms with Gasteiger partial charge < -0.3 is 5.73 Å². The van der Waals surface area contributed by atoms with Crippen LogP contribution in [0.5, 0.6) is 0 Å². The SMILES string of the molecule is Cc1nn(Cc2cnc(N)cn2)c(C)c1Cl. The number of rotatable bonds is 2. The van der Waals surface area contributed by atoms with Gasteiger partial charge in [-0.3, -0.25) is 9.67 Å². The minimum atomic E-state index is 0.412. The van der Waals surface area contributed by atoms with E-state index in [2.05, 4.69) is 15.1 Å². The Morgan fingerprint density at radius 1 is 1.31 bits per heavy atom. The van der Waals surface area contributed by atoms with Crippen molar-refractivity contribution in [1.29, 1.82) is 0 Å². The van der Waals surface area contributed by atoms with Crippen molar-refractivity contribution >= 4 is 17.4 Å². The maximum Gasteiger partial charge on any atom is 0.141 e. The Bertz CT molecular complexity index is 503. The number of nitrogen functional groups attached to an aromatic ring is 1. The number of nitrogens with two attached hydrogens (primary N) is 1. The van der Waals surface area contributed by atoms with Gasteiger partial charge in [0.05, 0.1) is 41.0 Å². The molecule has 0 aromatic carbocycles. The van der Waals surface area contributed by atoms with Gasteiger partial charge in [-0.15, -0.1) is 0 Å². The van der Waals surface area contributed by atoms with Crippen LogP contribution in [0.1, 0.15) is 17.1 Å². The summed E-state index contributed by atoms with van der Waals surface area (Å²) in [7, 11) is 0. The molecule has 0 unspecified atom stereocenters. The number of hydrogen-bond acceptors (Lipinski definition) is 4. The van der Waals surface area contributed by atoms with Crippen molar-refractivity contribution in [3.8, 4) is 0 Å². The summed E-state index contributed by atoms with van der Waals surface area (Å²) in [5.74, 6) is 0.412. The highest BCUT2D eigenvalue weighted by Gasteiger charge is 2.09. The fourth-order valence-electron chi connectivity index (χ4n) is 1.43. The van der Waals surface area contributed by atoms with Crippen LogP contribution in [-0.4, -0.2) is 19.7 Å². The highest BCUT2D eigenvalue weighted by atomic mass is 35.5. The molecular weight excluding hydrogens is 226 g/mol. The van der Waals surface area contributed by atoms with E-state index >= 15 is 0 Å². The molecule has 0 bridgehead atoms. The molecule has 84 valence electrons. The summed E-state index contributed by atoms with van der Waals surface area (Å²) in [4.78, 5) is 8.14. The molecule has 2 heterocycles. The molecule has 2 rings (SSSR count). The second-order valence-electron chi connectivity index (χ2n) is 3.58. The zero-order valence-corrected chi connectivity index (χ0v) is 9.86. The molecule has 2 aromatic heterocycles. The quantitative estimate of drug-likeness (QED) is 0.861. The standard InChI is InChI=1S/C10H12ClN5/c1-6-10(11)7(2)16(15-6)5-8-3-14-9(12)4-13-8/h3-4H,5H2,1-2H3,(H2,12,14). The molecule has 0 radical (unpaired) electrons. The predicted octanol–water partition coefficient (Wildman–Crippen LogP) is 1.57. The first-order valence-electron chi connectivity index (χ1n) is 4.84. The Balaban J connectivity index is 2.27. The van der Waals surface area contributed by atoms with E-state index in [0.29, 0.717) is 17.4 Å². The molecule has 0 aliphatic rings. The average molecular weight is 238 g/mol. The van der Waals surface area contributed by atoms with Gasteiger partial charge in [0.25, 0.3) is 0 Å². The second-order valence-corrected chi connectivity index (χ2v) is 3.95. The third-order valence-electron chi connectivity index (χ3n) is 2.33. The van der Waals surface area contributed by atoms with E-state index in [1.165, 1.54) is 6.20 Å². The molecule has 0 saturated heterocycles. The maximum atomic E-state index is 6.05. The largest absolute Gasteiger partial charge is 0.382 e. The second kappa shape index (κ2) is 4.09. The van der Waals surface area contributed by atoms with Crippen LogP contribution < -0.4 is 5.73 Å². The lowest BCUT2D eigenvalue weighted by atomic mass is 10.4. The van der Waals surface area contributed by atoms with Crippen molar-refractivity contribution < 1.29 is 0 Å². The van der Waals surface area contributed by atoms with Gasteiger partial charge in [0, 0.05) is 0 Å². The van der Waals surface area contributed by atoms with Crippen molar-refractivity contribution in [2.75, 3.05) is 5.73 Å². The van der Waals surface area contributed by atoms with Crippen molar-refractivity contribution in [3.05, 3.63) is 34.5 Å². The lowest BCUT2D eigenvalue weighted by molar-refractivity contribution is 0.645. The van der Waals surface area contributed by atoms with Crippen LogP contribution in [0.4, 0.5) is 5.82 Å². The first-order valence-corrected chi connectivity index (χ1v) is 5.21. The molecule has 2 N–H and O–H groups in total. The molecule has 0 spiro atoms. The summed E-state index contributed by atoms with van der Waals surface area (Å²) < 4.78 is 1.80. The van der Waals surface area contributed by atoms with Crippen molar-refractivity contribution in [2.45, 2.75) is 20.4 Å². The first-order chi connectivity index (χ1) is 7.58. The van der Waals surface area contributed by atoms with Gasteiger partial charge in [0.15, 0.2) is 0 Å². The fourth-order valence-corrected chi connectivity index (χ4v) is 1.56. The number of nitrogens with zero attached hydrogens (tertiary/aromatic N) is 4. The van der Waals surface area contributed by atoms with Crippen LogP contribution in [0.25, 0.3) is 0 Å². The van der Waals surface area contributed by atoms with E-state index < -0.39 is 0 Å². The van der Waals surface area contributed by atoms with E-state index in [4.69, 9.17) is 17.3 Å². The number of hydrogen-bond donors (Lipinski definition) is 1. The van der Waals surface area contributed by atoms with Crippen LogP contribution in [0, 0.1) is 13.8 Å². The Morgan fingerprint density at radius 2 is 2.06 bits per heavy atom. The monoisotopic (exact) mass is 237 g/mol. The van der Waals surface area contributed by atoms with E-state index in [-0.39, 0.29) is 0 Å². The predicted molar refractivity (Wildman–Crippen MR) is 62.3 cm³/mol. The number of aromatic nitrogens is 4. The van der Waals surface area contributed by atoms with Crippen LogP contribution >= 0.6 is 11.6 Å². The number of anilines is 1. The van der Waals surface area contributed by atoms with E-state index in [9.17, 15) is 0 Å². The van der Waals surface area contributed by atoms with Gasteiger partial charge in [-0.1, -0.05) is 11.6 Å². The molecular formula is C10H12ClN5. The van der Waals surface area contributed by atoms with Crippen molar-refractivity contribution in [2.24, 2.45) is 0 Å². The van der Waals surface area contributed by atoms with Gasteiger partial charge >= 0.3 is 0 Å². The van der Waals surface area contributed by atoms with Gasteiger partial charge in [0.1, 0.15) is 5.82 Å². The Hall–Kier alpha value is -1.62. The molecule has 6 heteroatoms. The normalized spacial score (nSPS) is 10.7. The highest BCUT2D eigenvalue weighted by molar-refractivity contribution is 6.31. The highest BCUT2D eigenvalue weighted by Crippen LogP contribution is 2.19. The lowest BCUT2D eigenvalue weighted by Gasteiger charge is -2.03. The first kappa shape index (κ1) is 10.9. The van der Waals surface area contributed by atoms with Gasteiger partial charge in [-0.25, -0.2) is 4.98 Å². The topological polar surface area (TPSA) is 69.6 Å². The molecule has 0 aliphatic carbocycles. The lowest BCUT2D eigenvalue weighted by Crippen LogP contribution is -2.06. The number of halogens is 1. The molecule has 0 saturated carbocycles. The van der Waals surface area contributed by atoms with Crippen molar-refractivity contribution in [3.63, 3.8) is 0 Å². The molecule has 0 fully saturated rings. The van der Waals surface area contributed by atoms with E-state index in [1.807, 2.05) is 13.8 Å². The van der Waals surface area contributed by atoms with Crippen LogP contribution in [0.3, 0.4) is 0 Å². The maximum absolute atomic E-state index is 6.05. The third-order valence-corrected chi connectivity index (χ3v) is 2.88. The molecule has 0 atom stereocenters. The van der Waals surface area contributed by atoms with Gasteiger partial charge in [-0.2, -0.15) is 5.10 Å². The smallest absolute Gasteiger partial charge is 0.141 e. The van der Waals surface area contributed by atoms with Crippen LogP contribution in [0.2, 0.25) is 5.02 Å². The summed E-state index contributed by atoms with van der Waals surface area (Å²) in [5.41, 5.74) is 8.01. The summed E-state index contributed by atoms with van der Waals surface area (Å²) in [6.45, 7) is 4.35. The Morgan fingerprint density at radius 3 is 2.56 bits per heavy atom. The van der Waals surface area contributed by atoms with Crippen molar-refractivity contribution in [1.82, 2.24) is 19.7 Å². The summed E-state index contributed by atoms with van der Waals surface area (Å²) in [6, 6.07) is 0. The minimum Gasteiger partial charge on any atom is -0.382 e. The molecule has 0 aliphatic heterocycles. The van der Waals surface area contributed by atoms with E-state index in [0.717, 1.165) is 17.1 Å². The third kappa shape index (κ3) is 1.99. The molecule has 5 nitrogen and oxygen atoms in total. The zero-order chi connectivity index (χ0) is 11.7. The van der Waals surface area contributed by atoms with E-state index in [1.54, 1.807) is 10.9 Å². The minimum absolute atomic E-state index is 0.412. The molecule has 16 heavy (non-hydrogen) atoms. The summed E-state index contributed by atoms with van der Waals surface area (Å²) in [5, 5.41) is 5.01. The summed E-state index contributed by atoms with van der Waals surface area (Å²) in [6.07, 6.45) is 3.17. The van der Waals surface area contributed by atoms with Gasteiger partial charge in [0.2, 0.25) is 0 Å². The summed E-state index contributed by atoms with van der Waals surface area (Å²) >= 11 is 6.05. The zero-order valence-electron chi connectivity index (χ0n) is 9.11. The van der Waals surface area contributed by atoms with Crippen LogP contribution in [-0.2, 0) is 6.54 Å². The molecule has 2 aromatic rings. The average Bonchev–Trinajstić information content (AvgIpc) is 2.50. The molecule has 0 amide bonds. The Kier molecular flexibility index (Phi) is 2.78. The number of aryl methyl sites for hydroxylation is 1. The fraction of sp³-hybridized carbons (Fsp3) is 0.300. The van der Waals surface area contributed by atoms with Gasteiger partial charge in [-0.05, 0) is 13.8 Å². The Labute approximate surface area is 98.3 Å². The van der Waals surface area contributed by atoms with Crippen LogP contribution in [0.15, 0.2) is 12.4 Å².